The van der Waals surface area contributed by atoms with E-state index in [1.54, 1.807) is 0 Å². The molecule has 0 amide bonds. The second-order valence-corrected chi connectivity index (χ2v) is 26.6. The Labute approximate surface area is 492 Å². The normalized spacial score (nSPS) is 54.8. The maximum atomic E-state index is 12.4. The average Bonchev–Trinajstić information content (AvgIpc) is 1.60. The zero-order valence-corrected chi connectivity index (χ0v) is 48.6. The highest BCUT2D eigenvalue weighted by molar-refractivity contribution is 5.26. The highest BCUT2D eigenvalue weighted by atomic mass is 16.8. The van der Waals surface area contributed by atoms with Crippen LogP contribution in [0.1, 0.15) is 92.4 Å². The van der Waals surface area contributed by atoms with Crippen molar-refractivity contribution < 1.29 is 139 Å². The molecule has 0 spiro atoms. The van der Waals surface area contributed by atoms with Crippen LogP contribution < -0.4 is 0 Å². The fourth-order valence-electron chi connectivity index (χ4n) is 16.5. The minimum Gasteiger partial charge on any atom is -0.394 e. The molecule has 28 heteroatoms. The van der Waals surface area contributed by atoms with E-state index < -0.39 is 192 Å². The summed E-state index contributed by atoms with van der Waals surface area (Å²) in [5.74, 6) is -0.555. The van der Waals surface area contributed by atoms with Crippen LogP contribution in [0.4, 0.5) is 0 Å². The molecule has 28 nitrogen and oxygen atoms in total. The zero-order chi connectivity index (χ0) is 61.5. The minimum absolute atomic E-state index is 0.106. The molecule has 0 radical (unpaired) electrons. The Morgan fingerprint density at radius 2 is 1.09 bits per heavy atom. The third kappa shape index (κ3) is 12.2. The lowest BCUT2D eigenvalue weighted by molar-refractivity contribution is -0.396. The first kappa shape index (κ1) is 66.5. The molecular weight excluding hydrogens is 1130 g/mol. The third-order valence-electron chi connectivity index (χ3n) is 21.6. The molecule has 9 fully saturated rings. The van der Waals surface area contributed by atoms with E-state index in [0.29, 0.717) is 43.4 Å². The fourth-order valence-corrected chi connectivity index (χ4v) is 16.5. The summed E-state index contributed by atoms with van der Waals surface area (Å²) in [7, 11) is 0. The second-order valence-electron chi connectivity index (χ2n) is 26.6. The molecule has 490 valence electrons. The summed E-state index contributed by atoms with van der Waals surface area (Å²) in [5, 5.41) is 183. The highest BCUT2D eigenvalue weighted by Crippen LogP contribution is 2.70. The van der Waals surface area contributed by atoms with Gasteiger partial charge in [0, 0.05) is 12.3 Å². The van der Waals surface area contributed by atoms with E-state index in [2.05, 4.69) is 26.8 Å². The van der Waals surface area contributed by atoms with Gasteiger partial charge in [-0.3, -0.25) is 0 Å². The lowest BCUT2D eigenvalue weighted by Gasteiger charge is -2.58. The van der Waals surface area contributed by atoms with E-state index in [1.165, 1.54) is 12.5 Å². The molecule has 36 atom stereocenters. The van der Waals surface area contributed by atoms with Gasteiger partial charge in [-0.1, -0.05) is 39.3 Å². The molecule has 3 saturated carbocycles. The van der Waals surface area contributed by atoms with Crippen molar-refractivity contribution in [3.8, 4) is 0 Å². The van der Waals surface area contributed by atoms with Crippen LogP contribution in [0.2, 0.25) is 0 Å². The van der Waals surface area contributed by atoms with Crippen LogP contribution in [0, 0.1) is 46.3 Å². The van der Waals surface area contributed by atoms with Crippen molar-refractivity contribution in [1.29, 1.82) is 0 Å². The van der Waals surface area contributed by atoms with Crippen LogP contribution in [0.3, 0.4) is 0 Å². The number of aliphatic hydroxyl groups is 17. The minimum atomic E-state index is -2.04. The summed E-state index contributed by atoms with van der Waals surface area (Å²) in [6.07, 6.45) is -33.3. The van der Waals surface area contributed by atoms with E-state index in [1.807, 2.05) is 6.92 Å². The first-order valence-electron chi connectivity index (χ1n) is 30.4. The van der Waals surface area contributed by atoms with Crippen molar-refractivity contribution >= 4 is 0 Å². The zero-order valence-electron chi connectivity index (χ0n) is 48.6. The number of hydrogen-bond donors (Lipinski definition) is 17. The van der Waals surface area contributed by atoms with E-state index in [0.717, 1.165) is 32.1 Å². The molecule has 0 bridgehead atoms. The molecule has 85 heavy (non-hydrogen) atoms. The summed E-state index contributed by atoms with van der Waals surface area (Å²) in [6, 6.07) is 0. The van der Waals surface area contributed by atoms with Gasteiger partial charge in [-0.2, -0.15) is 0 Å². The van der Waals surface area contributed by atoms with Crippen molar-refractivity contribution in [3.05, 3.63) is 11.6 Å². The van der Waals surface area contributed by atoms with Gasteiger partial charge in [-0.25, -0.2) is 0 Å². The Balaban J connectivity index is 0.803. The monoisotopic (exact) mass is 1230 g/mol. The summed E-state index contributed by atoms with van der Waals surface area (Å²) < 4.78 is 66.2. The van der Waals surface area contributed by atoms with Gasteiger partial charge in [0.15, 0.2) is 37.2 Å². The SMILES string of the molecule is C[C@@H](CCC1(O)O[C@H]2C[C@H]3[C@@H]4CC=C5C[C@@H](O[C@@H]6O[C@H](CO)[C@@H](O[C@@H]7O[C@H](CO)[C@@H](O)[C@H](O[C@@H]8O[C@H](CO)[C@@H](O)[C@H](O)[C@H]8O)[C@H]7O)[C@H](O)[C@H]6O[C@@H]6O[C@@H](C)[C@H](O)[C@@H](O)[C@H]6O)CC[C@]5(C)[C@H]4CC[C@]3(C)[C@H]2[C@@H]1C)CO[C@@H]1O[C@H](CO)[C@@H](O)[C@H](O)[C@H]1O. The topological polar surface area (TPSA) is 445 Å². The quantitative estimate of drug-likeness (QED) is 0.0571. The lowest BCUT2D eigenvalue weighted by Crippen LogP contribution is -2.68. The van der Waals surface area contributed by atoms with Crippen LogP contribution in [-0.4, -0.2) is 291 Å². The molecule has 10 rings (SSSR count). The largest absolute Gasteiger partial charge is 0.394 e. The van der Waals surface area contributed by atoms with Gasteiger partial charge in [0.25, 0.3) is 0 Å². The molecule has 6 heterocycles. The molecule has 6 saturated heterocycles. The summed E-state index contributed by atoms with van der Waals surface area (Å²) in [4.78, 5) is 0. The molecule has 0 aromatic rings. The van der Waals surface area contributed by atoms with Gasteiger partial charge >= 0.3 is 0 Å². The number of allylic oxidation sites excluding steroid dienone is 1. The predicted octanol–water partition coefficient (Wildman–Crippen LogP) is -5.18. The van der Waals surface area contributed by atoms with Crippen LogP contribution >= 0.6 is 0 Å². The van der Waals surface area contributed by atoms with Crippen molar-refractivity contribution in [2.45, 2.75) is 264 Å². The average molecular weight is 1230 g/mol. The van der Waals surface area contributed by atoms with Gasteiger partial charge in [0.1, 0.15) is 116 Å². The predicted molar refractivity (Wildman–Crippen MR) is 283 cm³/mol. The first-order chi connectivity index (χ1) is 40.2. The highest BCUT2D eigenvalue weighted by Gasteiger charge is 2.68. The third-order valence-corrected chi connectivity index (χ3v) is 21.6. The molecule has 10 aliphatic rings. The van der Waals surface area contributed by atoms with Crippen LogP contribution in [0.15, 0.2) is 11.6 Å². The van der Waals surface area contributed by atoms with Crippen molar-refractivity contribution in [1.82, 2.24) is 0 Å². The fraction of sp³-hybridized carbons (Fsp3) is 0.965. The Kier molecular flexibility index (Phi) is 20.6. The van der Waals surface area contributed by atoms with Gasteiger partial charge in [-0.05, 0) is 98.7 Å². The van der Waals surface area contributed by atoms with Gasteiger partial charge in [0.2, 0.25) is 0 Å². The second kappa shape index (κ2) is 26.3. The maximum Gasteiger partial charge on any atom is 0.187 e. The molecule has 0 aromatic heterocycles. The van der Waals surface area contributed by atoms with E-state index in [9.17, 15) is 86.8 Å². The van der Waals surface area contributed by atoms with Crippen molar-refractivity contribution in [2.75, 3.05) is 33.0 Å². The molecule has 17 N–H and O–H groups in total. The summed E-state index contributed by atoms with van der Waals surface area (Å²) in [5.41, 5.74) is 0.880. The Hall–Kier alpha value is -1.38. The van der Waals surface area contributed by atoms with Crippen LogP contribution in [0.25, 0.3) is 0 Å². The summed E-state index contributed by atoms with van der Waals surface area (Å²) >= 11 is 0. The summed E-state index contributed by atoms with van der Waals surface area (Å²) in [6.45, 7) is 7.16. The van der Waals surface area contributed by atoms with Gasteiger partial charge in [0.05, 0.1) is 51.3 Å². The van der Waals surface area contributed by atoms with E-state index in [4.69, 9.17) is 52.1 Å². The maximum absolute atomic E-state index is 12.4. The van der Waals surface area contributed by atoms with Crippen molar-refractivity contribution in [2.24, 2.45) is 46.3 Å². The standard InChI is InChI=1S/C57H94O28/c1-21(20-75-50-42(69)40(67)36(63)30(16-58)78-50)8-13-57(74)22(2)34-29(85-57)15-28-26-7-6-24-14-25(9-11-55(24,4)27(26)10-12-56(28,34)5)77-54-49(84-51-43(70)39(66)35(62)23(3)76-51)45(72)47(33(19-61)81-54)82-53-46(73)48(38(65)32(18-60)80-53)83-52-44(71)41(68)37(64)31(17-59)79-52/h6,21-23,25-54,58-74H,7-20H2,1-5H3/t21-,22-,23-,25-,26+,27-,28-,29-,30+,31+,32+,33+,34-,35-,36+,37+,38+,39+,40-,41-,42+,43+,44+,45-,46+,47+,48-,49+,50+,51-,52-,53-,54+,55-,56-,57?/m0/s1. The van der Waals surface area contributed by atoms with Crippen molar-refractivity contribution in [3.63, 3.8) is 0 Å². The molecule has 0 aromatic carbocycles. The van der Waals surface area contributed by atoms with E-state index >= 15 is 0 Å². The van der Waals surface area contributed by atoms with E-state index in [-0.39, 0.29) is 41.3 Å². The molecule has 4 aliphatic carbocycles. The number of rotatable bonds is 18. The van der Waals surface area contributed by atoms with Gasteiger partial charge in [-0.15, -0.1) is 0 Å². The lowest BCUT2D eigenvalue weighted by atomic mass is 9.47. The molecule has 1 unspecified atom stereocenters. The number of fused-ring (bicyclic) bond motifs is 7. The number of hydrogen-bond acceptors (Lipinski definition) is 28. The smallest absolute Gasteiger partial charge is 0.187 e. The van der Waals surface area contributed by atoms with Crippen LogP contribution in [-0.2, 0) is 52.1 Å². The first-order valence-corrected chi connectivity index (χ1v) is 30.4. The van der Waals surface area contributed by atoms with Crippen LogP contribution in [0.5, 0.6) is 0 Å². The Morgan fingerprint density at radius 3 is 1.73 bits per heavy atom. The number of aliphatic hydroxyl groups excluding tert-OH is 16. The number of ether oxygens (including phenoxy) is 11. The molecular formula is C57H94O28. The Morgan fingerprint density at radius 1 is 0.553 bits per heavy atom. The molecule has 6 aliphatic heterocycles. The van der Waals surface area contributed by atoms with Gasteiger partial charge < -0.3 is 139 Å². The Bertz CT molecular complexity index is 2240.